The van der Waals surface area contributed by atoms with E-state index in [9.17, 15) is 24.3 Å². The van der Waals surface area contributed by atoms with E-state index in [-0.39, 0.29) is 30.3 Å². The number of methoxy groups -OCH3 is 3. The van der Waals surface area contributed by atoms with Crippen molar-refractivity contribution in [3.05, 3.63) is 70.9 Å². The second kappa shape index (κ2) is 14.9. The van der Waals surface area contributed by atoms with Gasteiger partial charge in [0.1, 0.15) is 16.9 Å². The number of aromatic nitrogens is 1. The van der Waals surface area contributed by atoms with Crippen LogP contribution in [0.3, 0.4) is 0 Å². The van der Waals surface area contributed by atoms with Crippen LogP contribution in [0.2, 0.25) is 0 Å². The Hall–Kier alpha value is -5.05. The van der Waals surface area contributed by atoms with Crippen molar-refractivity contribution in [2.24, 2.45) is 11.3 Å². The maximum absolute atomic E-state index is 15.2. The number of hydrogen-bond donors (Lipinski definition) is 3. The van der Waals surface area contributed by atoms with Gasteiger partial charge in [-0.25, -0.2) is 4.79 Å². The first-order chi connectivity index (χ1) is 28.4. The summed E-state index contributed by atoms with van der Waals surface area (Å²) >= 11 is 0. The average molecular weight is 811 g/mol. The number of aromatic amines is 1. The van der Waals surface area contributed by atoms with Gasteiger partial charge in [-0.1, -0.05) is 44.2 Å². The molecule has 0 radical (unpaired) electrons. The number of ketones is 1. The molecule has 3 aromatic rings. The Bertz CT molecular complexity index is 2250. The number of nitrogens with one attached hydrogen (secondary N) is 2. The maximum Gasteiger partial charge on any atom is 0.344 e. The van der Waals surface area contributed by atoms with Gasteiger partial charge in [-0.05, 0) is 74.5 Å². The van der Waals surface area contributed by atoms with Crippen molar-refractivity contribution in [3.8, 4) is 5.75 Å². The van der Waals surface area contributed by atoms with Crippen molar-refractivity contribution in [1.82, 2.24) is 15.2 Å². The van der Waals surface area contributed by atoms with Crippen molar-refractivity contribution >= 4 is 46.7 Å². The Kier molecular flexibility index (Phi) is 10.3. The number of Topliss-reactive ketones (excluding diaryl/α,β-unsaturated/α-hetero) is 1. The van der Waals surface area contributed by atoms with Gasteiger partial charge in [0.15, 0.2) is 6.10 Å². The summed E-state index contributed by atoms with van der Waals surface area (Å²) in [5, 5.41) is 17.8. The van der Waals surface area contributed by atoms with Crippen LogP contribution in [0.15, 0.2) is 48.6 Å². The Labute approximate surface area is 343 Å². The zero-order valence-electron chi connectivity index (χ0n) is 34.6. The quantitative estimate of drug-likeness (QED) is 0.118. The largest absolute Gasteiger partial charge is 0.496 e. The van der Waals surface area contributed by atoms with Crippen LogP contribution in [0.25, 0.3) is 10.9 Å². The monoisotopic (exact) mass is 810 g/mol. The predicted molar refractivity (Wildman–Crippen MR) is 217 cm³/mol. The minimum atomic E-state index is -2.54. The number of esters is 3. The standard InChI is InChI=1S/C45H54N4O10/c1-7-28(52)20-27-23-44(40(53)57-5,36-30(14-17-46-24-27)29-12-9-10-13-33(29)47-36)32-21-31-34(22-35(32)56-4)49(25-50)38-43(31)16-19-48-18-11-15-42(8-2,37(43)48)39(59-26(3)51)45(38,55)41(54)58-6/h9-13,15,21-22,25,27,37-39,46-47,55H,7-8,14,16-20,23-24H2,1-6H3. The van der Waals surface area contributed by atoms with Crippen molar-refractivity contribution < 1.29 is 48.0 Å². The number of carbonyl (C=O) groups excluding carboxylic acids is 5. The molecule has 2 fully saturated rings. The third kappa shape index (κ3) is 5.51. The number of carbonyl (C=O) groups is 5. The number of fused-ring (bicyclic) bond motifs is 4. The molecular formula is C45H54N4O10. The van der Waals surface area contributed by atoms with Gasteiger partial charge in [0.05, 0.1) is 33.1 Å². The summed E-state index contributed by atoms with van der Waals surface area (Å²) in [5.74, 6) is -2.26. The highest BCUT2D eigenvalue weighted by Gasteiger charge is 2.81. The average Bonchev–Trinajstić information content (AvgIpc) is 3.92. The summed E-state index contributed by atoms with van der Waals surface area (Å²) in [4.78, 5) is 76.7. The van der Waals surface area contributed by atoms with Crippen LogP contribution in [0.5, 0.6) is 5.75 Å². The van der Waals surface area contributed by atoms with E-state index in [2.05, 4.69) is 15.2 Å². The van der Waals surface area contributed by atoms with Gasteiger partial charge in [-0.15, -0.1) is 0 Å². The molecule has 59 heavy (non-hydrogen) atoms. The highest BCUT2D eigenvalue weighted by Crippen LogP contribution is 2.68. The summed E-state index contributed by atoms with van der Waals surface area (Å²) in [6, 6.07) is 9.75. The van der Waals surface area contributed by atoms with Crippen molar-refractivity contribution in [1.29, 1.82) is 0 Å². The van der Waals surface area contributed by atoms with E-state index in [4.69, 9.17) is 18.9 Å². The Morgan fingerprint density at radius 1 is 1.02 bits per heavy atom. The molecule has 1 aromatic heterocycles. The van der Waals surface area contributed by atoms with Crippen molar-refractivity contribution in [2.75, 3.05) is 52.4 Å². The number of rotatable bonds is 10. The Morgan fingerprint density at radius 2 is 1.78 bits per heavy atom. The lowest BCUT2D eigenvalue weighted by Gasteiger charge is -2.63. The summed E-state index contributed by atoms with van der Waals surface area (Å²) < 4.78 is 23.5. The van der Waals surface area contributed by atoms with E-state index in [0.717, 1.165) is 16.5 Å². The number of amides is 1. The van der Waals surface area contributed by atoms with Gasteiger partial charge in [0, 0.05) is 71.4 Å². The molecule has 5 heterocycles. The first-order valence-corrected chi connectivity index (χ1v) is 20.6. The normalized spacial score (nSPS) is 32.1. The van der Waals surface area contributed by atoms with Gasteiger partial charge < -0.3 is 39.3 Å². The van der Waals surface area contributed by atoms with Crippen LogP contribution < -0.4 is 15.0 Å². The molecule has 1 saturated carbocycles. The van der Waals surface area contributed by atoms with E-state index in [1.165, 1.54) is 33.2 Å². The van der Waals surface area contributed by atoms with Gasteiger partial charge in [0.25, 0.3) is 0 Å². The smallest absolute Gasteiger partial charge is 0.344 e. The molecule has 2 aromatic carbocycles. The number of nitrogens with zero attached hydrogens (tertiary/aromatic N) is 2. The summed E-state index contributed by atoms with van der Waals surface area (Å²) in [5.41, 5.74) is -2.53. The van der Waals surface area contributed by atoms with Crippen LogP contribution in [0.1, 0.15) is 75.3 Å². The van der Waals surface area contributed by atoms with E-state index in [0.29, 0.717) is 80.8 Å². The molecule has 1 amide bonds. The highest BCUT2D eigenvalue weighted by atomic mass is 16.6. The zero-order chi connectivity index (χ0) is 42.1. The SMILES string of the molecule is CCC(=O)CC1CNCCc2c([nH]c3ccccc23)C(C(=O)OC)(c2cc3c(cc2OC)N(C=O)C2C(O)(C(=O)OC)C(OC(C)=O)C4(CC)C=CCN5CCC32C54)C1. The van der Waals surface area contributed by atoms with Crippen molar-refractivity contribution in [3.63, 3.8) is 0 Å². The number of benzene rings is 2. The summed E-state index contributed by atoms with van der Waals surface area (Å²) in [6.45, 7) is 7.16. The molecule has 1 saturated heterocycles. The van der Waals surface area contributed by atoms with Crippen molar-refractivity contribution in [2.45, 2.75) is 93.9 Å². The van der Waals surface area contributed by atoms with Crippen LogP contribution in [0.4, 0.5) is 5.69 Å². The molecule has 1 aliphatic carbocycles. The number of H-pyrrole nitrogens is 1. The lowest BCUT2D eigenvalue weighted by molar-refractivity contribution is -0.228. The maximum atomic E-state index is 15.2. The topological polar surface area (TPSA) is 177 Å². The Balaban J connectivity index is 1.49. The fourth-order valence-electron chi connectivity index (χ4n) is 12.2. The first kappa shape index (κ1) is 40.7. The molecule has 3 N–H and O–H groups in total. The van der Waals surface area contributed by atoms with E-state index in [1.54, 1.807) is 6.07 Å². The molecule has 8 atom stereocenters. The van der Waals surface area contributed by atoms with Crippen LogP contribution in [0, 0.1) is 11.3 Å². The second-order valence-electron chi connectivity index (χ2n) is 16.9. The number of para-hydroxylation sites is 1. The van der Waals surface area contributed by atoms with Crippen LogP contribution >= 0.6 is 0 Å². The molecule has 1 spiro atoms. The highest BCUT2D eigenvalue weighted by molar-refractivity contribution is 5.96. The minimum Gasteiger partial charge on any atom is -0.496 e. The van der Waals surface area contributed by atoms with E-state index in [1.807, 2.05) is 56.3 Å². The molecule has 14 nitrogen and oxygen atoms in total. The molecular weight excluding hydrogens is 757 g/mol. The summed E-state index contributed by atoms with van der Waals surface area (Å²) in [6.07, 6.45) is 5.17. The Morgan fingerprint density at radius 3 is 2.46 bits per heavy atom. The van der Waals surface area contributed by atoms with Gasteiger partial charge in [-0.3, -0.25) is 24.1 Å². The van der Waals surface area contributed by atoms with Crippen LogP contribution in [-0.2, 0) is 55.4 Å². The number of hydrogen-bond acceptors (Lipinski definition) is 12. The predicted octanol–water partition coefficient (Wildman–Crippen LogP) is 3.63. The molecule has 5 aliphatic rings. The lowest BCUT2D eigenvalue weighted by atomic mass is 9.47. The molecule has 8 rings (SSSR count). The minimum absolute atomic E-state index is 0.0647. The molecule has 8 unspecified atom stereocenters. The fourth-order valence-corrected chi connectivity index (χ4v) is 12.2. The third-order valence-corrected chi connectivity index (χ3v) is 14.4. The van der Waals surface area contributed by atoms with Gasteiger partial charge in [-0.2, -0.15) is 0 Å². The third-order valence-electron chi connectivity index (χ3n) is 14.4. The molecule has 14 heteroatoms. The first-order valence-electron chi connectivity index (χ1n) is 20.6. The molecule has 314 valence electrons. The second-order valence-corrected chi connectivity index (χ2v) is 16.9. The molecule has 4 aliphatic heterocycles. The van der Waals surface area contributed by atoms with E-state index < -0.39 is 57.9 Å². The lowest BCUT2D eigenvalue weighted by Crippen LogP contribution is -2.81. The molecule has 0 bridgehead atoms. The zero-order valence-corrected chi connectivity index (χ0v) is 34.6. The fraction of sp³-hybridized carbons (Fsp3) is 0.533. The number of ether oxygens (including phenoxy) is 4. The number of anilines is 1. The van der Waals surface area contributed by atoms with E-state index >= 15 is 4.79 Å². The van der Waals surface area contributed by atoms with Gasteiger partial charge in [0.2, 0.25) is 12.0 Å². The number of aliphatic hydroxyl groups is 1. The van der Waals surface area contributed by atoms with Crippen LogP contribution in [-0.4, -0.2) is 116 Å². The van der Waals surface area contributed by atoms with Gasteiger partial charge >= 0.3 is 17.9 Å². The summed E-state index contributed by atoms with van der Waals surface area (Å²) in [7, 11) is 4.02.